The van der Waals surface area contributed by atoms with Crippen LogP contribution in [-0.2, 0) is 4.79 Å². The number of aliphatic imine (C=N–C) groups is 2. The minimum absolute atomic E-state index is 0.110. The van der Waals surface area contributed by atoms with E-state index in [2.05, 4.69) is 23.8 Å². The minimum Gasteiger partial charge on any atom is -0.278 e. The van der Waals surface area contributed by atoms with Gasteiger partial charge in [0.15, 0.2) is 0 Å². The molecule has 0 saturated carbocycles. The van der Waals surface area contributed by atoms with E-state index in [1.807, 2.05) is 0 Å². The predicted octanol–water partition coefficient (Wildman–Crippen LogP) is 1.08. The van der Waals surface area contributed by atoms with Crippen LogP contribution in [0, 0.1) is 5.92 Å². The zero-order chi connectivity index (χ0) is 8.27. The van der Waals surface area contributed by atoms with Crippen LogP contribution < -0.4 is 0 Å². The Morgan fingerprint density at radius 2 is 2.27 bits per heavy atom. The lowest BCUT2D eigenvalue weighted by atomic mass is 10.0. The molecule has 1 amide bonds. The molecule has 0 N–H and O–H groups in total. The van der Waals surface area contributed by atoms with E-state index >= 15 is 0 Å². The summed E-state index contributed by atoms with van der Waals surface area (Å²) in [4.78, 5) is 18.7. The molecule has 1 aliphatic rings. The third-order valence-corrected chi connectivity index (χ3v) is 1.51. The van der Waals surface area contributed by atoms with Crippen LogP contribution in [0.5, 0.6) is 0 Å². The molecule has 1 unspecified atom stereocenters. The van der Waals surface area contributed by atoms with Gasteiger partial charge in [-0.1, -0.05) is 13.8 Å². The van der Waals surface area contributed by atoms with E-state index in [9.17, 15) is 4.79 Å². The number of carbonyl (C=O) groups excluding carboxylic acids is 1. The molecular weight excluding hydrogens is 140 g/mol. The fourth-order valence-electron chi connectivity index (χ4n) is 1.01. The molecule has 3 heteroatoms. The van der Waals surface area contributed by atoms with Gasteiger partial charge in [0.25, 0.3) is 5.91 Å². The lowest BCUT2D eigenvalue weighted by molar-refractivity contribution is -0.119. The topological polar surface area (TPSA) is 41.8 Å². The monoisotopic (exact) mass is 152 g/mol. The summed E-state index contributed by atoms with van der Waals surface area (Å²) in [7, 11) is 0. The van der Waals surface area contributed by atoms with Crippen molar-refractivity contribution in [1.82, 2.24) is 0 Å². The zero-order valence-corrected chi connectivity index (χ0v) is 6.82. The van der Waals surface area contributed by atoms with Crippen molar-refractivity contribution in [2.24, 2.45) is 15.9 Å². The van der Waals surface area contributed by atoms with Gasteiger partial charge in [-0.2, -0.15) is 0 Å². The lowest BCUT2D eigenvalue weighted by Crippen LogP contribution is -2.21. The molecule has 1 aliphatic heterocycles. The van der Waals surface area contributed by atoms with Crippen molar-refractivity contribution in [3.63, 3.8) is 0 Å². The number of rotatable bonds is 2. The van der Waals surface area contributed by atoms with Crippen molar-refractivity contribution < 1.29 is 4.79 Å². The van der Waals surface area contributed by atoms with Crippen molar-refractivity contribution in [2.75, 3.05) is 0 Å². The van der Waals surface area contributed by atoms with Gasteiger partial charge in [-0.3, -0.25) is 9.79 Å². The van der Waals surface area contributed by atoms with E-state index in [1.54, 1.807) is 6.21 Å². The average molecular weight is 152 g/mol. The second-order valence-electron chi connectivity index (χ2n) is 3.06. The minimum atomic E-state index is -0.222. The maximum atomic E-state index is 11.0. The van der Waals surface area contributed by atoms with E-state index in [1.165, 1.54) is 6.21 Å². The maximum absolute atomic E-state index is 11.0. The standard InChI is InChI=1S/C8H12N2O/c1-6(2)5-7-8(11)10-4-3-9-7/h3-4,6-7H,5H2,1-2H3. The first kappa shape index (κ1) is 8.11. The van der Waals surface area contributed by atoms with Crippen LogP contribution in [0.25, 0.3) is 0 Å². The average Bonchev–Trinajstić information content (AvgIpc) is 1.93. The molecule has 3 nitrogen and oxygen atoms in total. The van der Waals surface area contributed by atoms with Crippen LogP contribution in [0.3, 0.4) is 0 Å². The first-order valence-electron chi connectivity index (χ1n) is 3.80. The summed E-state index contributed by atoms with van der Waals surface area (Å²) in [6.45, 7) is 4.14. The van der Waals surface area contributed by atoms with Crippen LogP contribution in [0.4, 0.5) is 0 Å². The molecule has 1 atom stereocenters. The molecule has 0 aromatic heterocycles. The highest BCUT2D eigenvalue weighted by atomic mass is 16.1. The Kier molecular flexibility index (Phi) is 2.52. The number of carbonyl (C=O) groups is 1. The van der Waals surface area contributed by atoms with Crippen LogP contribution in [-0.4, -0.2) is 24.4 Å². The van der Waals surface area contributed by atoms with Crippen molar-refractivity contribution >= 4 is 18.3 Å². The highest BCUT2D eigenvalue weighted by Gasteiger charge is 2.18. The second-order valence-corrected chi connectivity index (χ2v) is 3.06. The van der Waals surface area contributed by atoms with Crippen LogP contribution in [0.15, 0.2) is 9.98 Å². The maximum Gasteiger partial charge on any atom is 0.270 e. The van der Waals surface area contributed by atoms with Gasteiger partial charge in [-0.25, -0.2) is 4.99 Å². The second kappa shape index (κ2) is 3.42. The zero-order valence-electron chi connectivity index (χ0n) is 6.82. The molecule has 0 bridgehead atoms. The Hall–Kier alpha value is -0.990. The third-order valence-electron chi connectivity index (χ3n) is 1.51. The number of amides is 1. The van der Waals surface area contributed by atoms with Crippen LogP contribution in [0.2, 0.25) is 0 Å². The summed E-state index contributed by atoms with van der Waals surface area (Å²) in [5.41, 5.74) is 0. The summed E-state index contributed by atoms with van der Waals surface area (Å²) >= 11 is 0. The number of nitrogens with zero attached hydrogens (tertiary/aromatic N) is 2. The molecule has 1 rings (SSSR count). The Morgan fingerprint density at radius 1 is 1.55 bits per heavy atom. The summed E-state index contributed by atoms with van der Waals surface area (Å²) in [5.74, 6) is 0.385. The molecule has 11 heavy (non-hydrogen) atoms. The Balaban J connectivity index is 2.52. The van der Waals surface area contributed by atoms with Crippen molar-refractivity contribution in [1.29, 1.82) is 0 Å². The summed E-state index contributed by atoms with van der Waals surface area (Å²) in [6, 6.07) is -0.222. The lowest BCUT2D eigenvalue weighted by Gasteiger charge is -2.11. The Labute approximate surface area is 66.2 Å². The first-order chi connectivity index (χ1) is 5.20. The predicted molar refractivity (Wildman–Crippen MR) is 45.2 cm³/mol. The van der Waals surface area contributed by atoms with Crippen LogP contribution >= 0.6 is 0 Å². The SMILES string of the molecule is CC(C)CC1N=CC=NC1=O. The van der Waals surface area contributed by atoms with E-state index in [0.29, 0.717) is 5.92 Å². The molecule has 0 aromatic rings. The summed E-state index contributed by atoms with van der Waals surface area (Å²) < 4.78 is 0. The molecule has 1 heterocycles. The highest BCUT2D eigenvalue weighted by molar-refractivity contribution is 6.21. The van der Waals surface area contributed by atoms with E-state index in [-0.39, 0.29) is 11.9 Å². The molecule has 0 saturated heterocycles. The van der Waals surface area contributed by atoms with Crippen molar-refractivity contribution in [3.05, 3.63) is 0 Å². The molecule has 0 aromatic carbocycles. The van der Waals surface area contributed by atoms with Crippen molar-refractivity contribution in [2.45, 2.75) is 26.3 Å². The quantitative estimate of drug-likeness (QED) is 0.583. The highest BCUT2D eigenvalue weighted by Crippen LogP contribution is 2.10. The molecule has 0 spiro atoms. The first-order valence-corrected chi connectivity index (χ1v) is 3.80. The molecule has 0 fully saturated rings. The van der Waals surface area contributed by atoms with Gasteiger partial charge in [-0.05, 0) is 12.3 Å². The Bertz CT molecular complexity index is 206. The smallest absolute Gasteiger partial charge is 0.270 e. The van der Waals surface area contributed by atoms with Gasteiger partial charge >= 0.3 is 0 Å². The molecular formula is C8H12N2O. The van der Waals surface area contributed by atoms with Gasteiger partial charge in [0.2, 0.25) is 0 Å². The van der Waals surface area contributed by atoms with Crippen molar-refractivity contribution in [3.8, 4) is 0 Å². The van der Waals surface area contributed by atoms with Gasteiger partial charge in [-0.15, -0.1) is 0 Å². The Morgan fingerprint density at radius 3 is 2.82 bits per heavy atom. The number of hydrogen-bond donors (Lipinski definition) is 0. The van der Waals surface area contributed by atoms with Gasteiger partial charge in [0, 0.05) is 12.4 Å². The molecule has 0 aliphatic carbocycles. The van der Waals surface area contributed by atoms with E-state index < -0.39 is 0 Å². The van der Waals surface area contributed by atoms with Gasteiger partial charge < -0.3 is 0 Å². The van der Waals surface area contributed by atoms with Gasteiger partial charge in [0.05, 0.1) is 0 Å². The fraction of sp³-hybridized carbons (Fsp3) is 0.625. The third kappa shape index (κ3) is 2.26. The van der Waals surface area contributed by atoms with Gasteiger partial charge in [0.1, 0.15) is 6.04 Å². The largest absolute Gasteiger partial charge is 0.278 e. The molecule has 0 radical (unpaired) electrons. The number of hydrogen-bond acceptors (Lipinski definition) is 2. The summed E-state index contributed by atoms with van der Waals surface area (Å²) in [5, 5.41) is 0. The van der Waals surface area contributed by atoms with E-state index in [4.69, 9.17) is 0 Å². The van der Waals surface area contributed by atoms with E-state index in [0.717, 1.165) is 6.42 Å². The normalized spacial score (nSPS) is 23.2. The fourth-order valence-corrected chi connectivity index (χ4v) is 1.01. The summed E-state index contributed by atoms with van der Waals surface area (Å²) in [6.07, 6.45) is 3.83. The van der Waals surface area contributed by atoms with Crippen LogP contribution in [0.1, 0.15) is 20.3 Å². The molecule has 60 valence electrons.